The zero-order chi connectivity index (χ0) is 7.82. The van der Waals surface area contributed by atoms with Crippen LogP contribution in [0.1, 0.15) is 6.92 Å². The van der Waals surface area contributed by atoms with Gasteiger partial charge in [-0.3, -0.25) is 0 Å². The summed E-state index contributed by atoms with van der Waals surface area (Å²) in [5, 5.41) is 0. The van der Waals surface area contributed by atoms with Crippen molar-refractivity contribution in [2.75, 3.05) is 20.3 Å². The van der Waals surface area contributed by atoms with E-state index in [-0.39, 0.29) is 0 Å². The van der Waals surface area contributed by atoms with Crippen LogP contribution in [0.5, 0.6) is 0 Å². The Kier molecular flexibility index (Phi) is 6.90. The van der Waals surface area contributed by atoms with Gasteiger partial charge in [-0.15, -0.1) is 6.58 Å². The van der Waals surface area contributed by atoms with Crippen molar-refractivity contribution in [3.63, 3.8) is 0 Å². The standard InChI is InChI=1S/C7H14O2Si/c1-4-7(2)10-9-6-5-8-3/h4,7H,1,5-6H2,2-3H3. The molecule has 1 atom stereocenters. The molecule has 0 spiro atoms. The summed E-state index contributed by atoms with van der Waals surface area (Å²) >= 11 is 0. The first-order valence-corrected chi connectivity index (χ1v) is 4.28. The monoisotopic (exact) mass is 158 g/mol. The van der Waals surface area contributed by atoms with E-state index >= 15 is 0 Å². The van der Waals surface area contributed by atoms with Crippen LogP contribution >= 0.6 is 0 Å². The number of hydrogen-bond donors (Lipinski definition) is 0. The maximum absolute atomic E-state index is 5.26. The van der Waals surface area contributed by atoms with Gasteiger partial charge in [0.05, 0.1) is 13.2 Å². The smallest absolute Gasteiger partial charge is 0.237 e. The summed E-state index contributed by atoms with van der Waals surface area (Å²) in [6.07, 6.45) is 1.89. The molecule has 0 aromatic heterocycles. The fourth-order valence-electron chi connectivity index (χ4n) is 0.363. The van der Waals surface area contributed by atoms with Crippen LogP contribution < -0.4 is 0 Å². The average molecular weight is 158 g/mol. The molecule has 0 aliphatic heterocycles. The van der Waals surface area contributed by atoms with Crippen LogP contribution in [-0.4, -0.2) is 30.1 Å². The number of ether oxygens (including phenoxy) is 1. The Balaban J connectivity index is 2.95. The molecular formula is C7H14O2Si. The molecule has 0 saturated carbocycles. The molecule has 0 N–H and O–H groups in total. The van der Waals surface area contributed by atoms with Gasteiger partial charge in [0.25, 0.3) is 0 Å². The van der Waals surface area contributed by atoms with E-state index < -0.39 is 0 Å². The van der Waals surface area contributed by atoms with Gasteiger partial charge in [0.2, 0.25) is 9.76 Å². The number of allylic oxidation sites excluding steroid dienone is 1. The molecule has 1 unspecified atom stereocenters. The Morgan fingerprint density at radius 1 is 1.60 bits per heavy atom. The number of hydrogen-bond acceptors (Lipinski definition) is 2. The van der Waals surface area contributed by atoms with Gasteiger partial charge in [-0.2, -0.15) is 0 Å². The zero-order valence-electron chi connectivity index (χ0n) is 6.59. The second-order valence-corrected chi connectivity index (χ2v) is 3.42. The SMILES string of the molecule is C=CC(C)[Si]OCCOC. The Morgan fingerprint density at radius 3 is 2.80 bits per heavy atom. The lowest BCUT2D eigenvalue weighted by Crippen LogP contribution is -2.08. The second-order valence-electron chi connectivity index (χ2n) is 1.98. The first kappa shape index (κ1) is 9.88. The van der Waals surface area contributed by atoms with E-state index in [9.17, 15) is 0 Å². The van der Waals surface area contributed by atoms with Crippen LogP contribution in [0.15, 0.2) is 12.7 Å². The molecule has 0 saturated heterocycles. The Labute approximate surface area is 65.2 Å². The molecule has 0 aliphatic rings. The zero-order valence-corrected chi connectivity index (χ0v) is 7.59. The summed E-state index contributed by atoms with van der Waals surface area (Å²) < 4.78 is 10.1. The van der Waals surface area contributed by atoms with Crippen LogP contribution in [0.3, 0.4) is 0 Å². The van der Waals surface area contributed by atoms with E-state index in [1.54, 1.807) is 7.11 Å². The summed E-state index contributed by atoms with van der Waals surface area (Å²) in [6.45, 7) is 7.10. The summed E-state index contributed by atoms with van der Waals surface area (Å²) in [5.41, 5.74) is 0.469. The van der Waals surface area contributed by atoms with Crippen molar-refractivity contribution in [2.45, 2.75) is 12.5 Å². The molecule has 0 fully saturated rings. The Bertz CT molecular complexity index is 85.7. The number of rotatable bonds is 6. The van der Waals surface area contributed by atoms with Crippen molar-refractivity contribution in [3.05, 3.63) is 12.7 Å². The van der Waals surface area contributed by atoms with E-state index in [0.717, 1.165) is 0 Å². The van der Waals surface area contributed by atoms with Gasteiger partial charge in [0.1, 0.15) is 0 Å². The van der Waals surface area contributed by atoms with Crippen molar-refractivity contribution in [1.82, 2.24) is 0 Å². The molecule has 0 aromatic carbocycles. The molecule has 0 heterocycles. The molecule has 10 heavy (non-hydrogen) atoms. The van der Waals surface area contributed by atoms with E-state index in [1.807, 2.05) is 6.08 Å². The lowest BCUT2D eigenvalue weighted by molar-refractivity contribution is 0.148. The quantitative estimate of drug-likeness (QED) is 0.329. The maximum atomic E-state index is 5.26. The third-order valence-electron chi connectivity index (χ3n) is 1.01. The van der Waals surface area contributed by atoms with Gasteiger partial charge >= 0.3 is 0 Å². The van der Waals surface area contributed by atoms with Crippen molar-refractivity contribution >= 4 is 9.76 Å². The molecule has 0 rings (SSSR count). The van der Waals surface area contributed by atoms with Crippen LogP contribution in [0.2, 0.25) is 5.54 Å². The predicted octanol–water partition coefficient (Wildman–Crippen LogP) is 1.26. The topological polar surface area (TPSA) is 18.5 Å². The third kappa shape index (κ3) is 6.00. The van der Waals surface area contributed by atoms with Crippen molar-refractivity contribution in [2.24, 2.45) is 0 Å². The Morgan fingerprint density at radius 2 is 2.30 bits per heavy atom. The number of methoxy groups -OCH3 is 1. The highest BCUT2D eigenvalue weighted by atomic mass is 28.2. The molecule has 2 nitrogen and oxygen atoms in total. The van der Waals surface area contributed by atoms with Crippen molar-refractivity contribution in [3.8, 4) is 0 Å². The highest BCUT2D eigenvalue weighted by molar-refractivity contribution is 6.30. The maximum Gasteiger partial charge on any atom is 0.237 e. The second kappa shape index (κ2) is 6.99. The third-order valence-corrected chi connectivity index (χ3v) is 1.99. The summed E-state index contributed by atoms with van der Waals surface area (Å²) in [4.78, 5) is 0. The molecule has 0 aromatic rings. The van der Waals surface area contributed by atoms with Gasteiger partial charge in [-0.05, 0) is 5.54 Å². The normalized spacial score (nSPS) is 13.0. The molecule has 58 valence electrons. The molecular weight excluding hydrogens is 144 g/mol. The van der Waals surface area contributed by atoms with Gasteiger partial charge in [0, 0.05) is 7.11 Å². The molecule has 0 bridgehead atoms. The summed E-state index contributed by atoms with van der Waals surface area (Å²) in [7, 11) is 2.19. The van der Waals surface area contributed by atoms with Gasteiger partial charge in [-0.25, -0.2) is 0 Å². The van der Waals surface area contributed by atoms with Crippen molar-refractivity contribution in [1.29, 1.82) is 0 Å². The summed E-state index contributed by atoms with van der Waals surface area (Å²) in [5.74, 6) is 0. The van der Waals surface area contributed by atoms with Crippen LogP contribution in [0.25, 0.3) is 0 Å². The van der Waals surface area contributed by atoms with Crippen molar-refractivity contribution < 1.29 is 9.16 Å². The molecule has 0 amide bonds. The van der Waals surface area contributed by atoms with Gasteiger partial charge < -0.3 is 9.16 Å². The van der Waals surface area contributed by atoms with Gasteiger partial charge in [0.15, 0.2) is 0 Å². The Hall–Kier alpha value is -0.123. The molecule has 0 aliphatic carbocycles. The first-order valence-electron chi connectivity index (χ1n) is 3.30. The lowest BCUT2D eigenvalue weighted by Gasteiger charge is -2.03. The highest BCUT2D eigenvalue weighted by Gasteiger charge is 1.97. The largest absolute Gasteiger partial charge is 0.414 e. The highest BCUT2D eigenvalue weighted by Crippen LogP contribution is 2.00. The van der Waals surface area contributed by atoms with E-state index in [0.29, 0.717) is 28.5 Å². The lowest BCUT2D eigenvalue weighted by atomic mass is 10.5. The van der Waals surface area contributed by atoms with E-state index in [1.165, 1.54) is 0 Å². The van der Waals surface area contributed by atoms with Crippen LogP contribution in [0.4, 0.5) is 0 Å². The fraction of sp³-hybridized carbons (Fsp3) is 0.714. The summed E-state index contributed by atoms with van der Waals surface area (Å²) in [6, 6.07) is 0. The van der Waals surface area contributed by atoms with Crippen LogP contribution in [-0.2, 0) is 9.16 Å². The van der Waals surface area contributed by atoms with E-state index in [2.05, 4.69) is 13.5 Å². The van der Waals surface area contributed by atoms with Crippen LogP contribution in [0, 0.1) is 0 Å². The average Bonchev–Trinajstić information content (AvgIpc) is 1.98. The fourth-order valence-corrected chi connectivity index (χ4v) is 0.924. The molecule has 2 radical (unpaired) electrons. The minimum absolute atomic E-state index is 0.469. The minimum Gasteiger partial charge on any atom is -0.414 e. The first-order chi connectivity index (χ1) is 4.81. The predicted molar refractivity (Wildman–Crippen MR) is 43.2 cm³/mol. The van der Waals surface area contributed by atoms with E-state index in [4.69, 9.17) is 9.16 Å². The molecule has 3 heteroatoms. The van der Waals surface area contributed by atoms with Gasteiger partial charge in [-0.1, -0.05) is 13.0 Å². The minimum atomic E-state index is 0.469.